The first-order valence-electron chi connectivity index (χ1n) is 14.8. The van der Waals surface area contributed by atoms with Crippen LogP contribution in [0.25, 0.3) is 76.8 Å². The second-order valence-corrected chi connectivity index (χ2v) is 11.3. The van der Waals surface area contributed by atoms with Crippen molar-refractivity contribution in [3.05, 3.63) is 164 Å². The van der Waals surface area contributed by atoms with Crippen molar-refractivity contribution in [2.45, 2.75) is 6.92 Å². The molecule has 0 unspecified atom stereocenters. The molecule has 8 aromatic rings. The van der Waals surface area contributed by atoms with Gasteiger partial charge in [0.05, 0.1) is 0 Å². The van der Waals surface area contributed by atoms with E-state index in [0.29, 0.717) is 0 Å². The van der Waals surface area contributed by atoms with E-state index in [1.54, 1.807) is 0 Å². The lowest BCUT2D eigenvalue weighted by atomic mass is 9.85. The highest BCUT2D eigenvalue weighted by Crippen LogP contribution is 2.44. The molecule has 0 aliphatic carbocycles. The molecule has 0 fully saturated rings. The van der Waals surface area contributed by atoms with E-state index in [2.05, 4.69) is 157 Å². The summed E-state index contributed by atoms with van der Waals surface area (Å²) in [6.45, 7) is 2.04. The van der Waals surface area contributed by atoms with Gasteiger partial charge in [0.15, 0.2) is 0 Å². The molecule has 0 atom stereocenters. The van der Waals surface area contributed by atoms with Gasteiger partial charge in [0.25, 0.3) is 0 Å². The van der Waals surface area contributed by atoms with Crippen molar-refractivity contribution < 1.29 is 0 Å². The molecule has 0 saturated heterocycles. The monoisotopic (exact) mass is 547 g/mol. The Balaban J connectivity index is 1.27. The third kappa shape index (κ3) is 4.47. The van der Waals surface area contributed by atoms with E-state index in [1.165, 1.54) is 76.8 Å². The summed E-state index contributed by atoms with van der Waals surface area (Å²) in [5.74, 6) is 0. The molecule has 0 radical (unpaired) electrons. The summed E-state index contributed by atoms with van der Waals surface area (Å²) in [6.07, 6.45) is 1.88. The lowest BCUT2D eigenvalue weighted by Gasteiger charge is -2.18. The molecule has 1 nitrogen and oxygen atoms in total. The van der Waals surface area contributed by atoms with Gasteiger partial charge in [0.1, 0.15) is 0 Å². The molecule has 1 aromatic heterocycles. The normalized spacial score (nSPS) is 11.4. The topological polar surface area (TPSA) is 12.9 Å². The Morgan fingerprint density at radius 2 is 0.814 bits per heavy atom. The smallest absolute Gasteiger partial charge is 0.0378 e. The van der Waals surface area contributed by atoms with Crippen molar-refractivity contribution in [1.82, 2.24) is 4.98 Å². The highest BCUT2D eigenvalue weighted by molar-refractivity contribution is 6.21. The first-order chi connectivity index (χ1) is 21.2. The van der Waals surface area contributed by atoms with Crippen LogP contribution in [0.2, 0.25) is 0 Å². The molecule has 0 aliphatic rings. The van der Waals surface area contributed by atoms with Gasteiger partial charge < -0.3 is 0 Å². The van der Waals surface area contributed by atoms with Crippen LogP contribution >= 0.6 is 0 Å². The van der Waals surface area contributed by atoms with Gasteiger partial charge in [-0.2, -0.15) is 0 Å². The molecule has 1 heteroatoms. The largest absolute Gasteiger partial charge is 0.262 e. The predicted octanol–water partition coefficient (Wildman–Crippen LogP) is 11.5. The minimum absolute atomic E-state index is 1.03. The standard InChI is InChI=1S/C42H29N/c1-28-24-35(22-23-43-28)31-13-9-12-30(25-31)32-18-19-34-27-36(21-20-33(34)26-32)42-39-16-7-5-14-37(39)41(29-10-3-2-4-11-29)38-15-6-8-17-40(38)42/h2-27H,1H3. The summed E-state index contributed by atoms with van der Waals surface area (Å²) in [4.78, 5) is 4.36. The summed E-state index contributed by atoms with van der Waals surface area (Å²) in [5.41, 5.74) is 10.9. The summed E-state index contributed by atoms with van der Waals surface area (Å²) in [6, 6.07) is 55.2. The van der Waals surface area contributed by atoms with Crippen LogP contribution in [-0.4, -0.2) is 4.98 Å². The Morgan fingerprint density at radius 3 is 1.42 bits per heavy atom. The van der Waals surface area contributed by atoms with E-state index in [4.69, 9.17) is 0 Å². The molecular formula is C42H29N. The fourth-order valence-corrected chi connectivity index (χ4v) is 6.54. The van der Waals surface area contributed by atoms with Crippen molar-refractivity contribution in [2.24, 2.45) is 0 Å². The molecule has 43 heavy (non-hydrogen) atoms. The Bertz CT molecular complexity index is 2240. The minimum Gasteiger partial charge on any atom is -0.262 e. The lowest BCUT2D eigenvalue weighted by molar-refractivity contribution is 1.20. The van der Waals surface area contributed by atoms with Gasteiger partial charge in [-0.1, -0.05) is 121 Å². The van der Waals surface area contributed by atoms with Crippen molar-refractivity contribution in [3.8, 4) is 44.5 Å². The average molecular weight is 548 g/mol. The lowest BCUT2D eigenvalue weighted by Crippen LogP contribution is -1.91. The zero-order valence-electron chi connectivity index (χ0n) is 24.0. The van der Waals surface area contributed by atoms with E-state index >= 15 is 0 Å². The SMILES string of the molecule is Cc1cc(-c2cccc(-c3ccc4cc(-c5c6ccccc6c(-c6ccccc6)c6ccccc56)ccc4c3)c2)ccn1. The Morgan fingerprint density at radius 1 is 0.349 bits per heavy atom. The molecule has 202 valence electrons. The average Bonchev–Trinajstić information content (AvgIpc) is 3.07. The third-order valence-electron chi connectivity index (χ3n) is 8.55. The van der Waals surface area contributed by atoms with Crippen LogP contribution in [0, 0.1) is 6.92 Å². The van der Waals surface area contributed by atoms with Gasteiger partial charge in [-0.15, -0.1) is 0 Å². The number of pyridine rings is 1. The summed E-state index contributed by atoms with van der Waals surface area (Å²) < 4.78 is 0. The predicted molar refractivity (Wildman–Crippen MR) is 183 cm³/mol. The van der Waals surface area contributed by atoms with Crippen molar-refractivity contribution in [1.29, 1.82) is 0 Å². The fourth-order valence-electron chi connectivity index (χ4n) is 6.54. The molecule has 7 aromatic carbocycles. The Hall–Kier alpha value is -5.53. The van der Waals surface area contributed by atoms with Gasteiger partial charge in [0, 0.05) is 11.9 Å². The van der Waals surface area contributed by atoms with Crippen molar-refractivity contribution in [3.63, 3.8) is 0 Å². The second-order valence-electron chi connectivity index (χ2n) is 11.3. The quantitative estimate of drug-likeness (QED) is 0.200. The number of nitrogens with zero attached hydrogens (tertiary/aromatic N) is 1. The van der Waals surface area contributed by atoms with Crippen LogP contribution in [0.1, 0.15) is 5.69 Å². The van der Waals surface area contributed by atoms with Gasteiger partial charge in [-0.05, 0) is 114 Å². The van der Waals surface area contributed by atoms with Crippen LogP contribution < -0.4 is 0 Å². The molecular weight excluding hydrogens is 518 g/mol. The van der Waals surface area contributed by atoms with E-state index in [9.17, 15) is 0 Å². The molecule has 1 heterocycles. The molecule has 0 spiro atoms. The van der Waals surface area contributed by atoms with Gasteiger partial charge in [0.2, 0.25) is 0 Å². The molecule has 0 N–H and O–H groups in total. The maximum absolute atomic E-state index is 4.36. The molecule has 0 saturated carbocycles. The summed E-state index contributed by atoms with van der Waals surface area (Å²) in [7, 11) is 0. The number of rotatable bonds is 4. The number of aryl methyl sites for hydroxylation is 1. The highest BCUT2D eigenvalue weighted by Gasteiger charge is 2.16. The van der Waals surface area contributed by atoms with E-state index in [0.717, 1.165) is 5.69 Å². The fraction of sp³-hybridized carbons (Fsp3) is 0.0238. The maximum atomic E-state index is 4.36. The second kappa shape index (κ2) is 10.4. The van der Waals surface area contributed by atoms with E-state index in [1.807, 2.05) is 13.1 Å². The third-order valence-corrected chi connectivity index (χ3v) is 8.55. The number of benzene rings is 7. The Kier molecular flexibility index (Phi) is 6.09. The number of fused-ring (bicyclic) bond motifs is 3. The molecule has 8 rings (SSSR count). The zero-order valence-corrected chi connectivity index (χ0v) is 24.0. The number of aromatic nitrogens is 1. The van der Waals surface area contributed by atoms with Crippen molar-refractivity contribution in [2.75, 3.05) is 0 Å². The Labute approximate surface area is 251 Å². The van der Waals surface area contributed by atoms with Crippen molar-refractivity contribution >= 4 is 32.3 Å². The van der Waals surface area contributed by atoms with E-state index < -0.39 is 0 Å². The van der Waals surface area contributed by atoms with Crippen LogP contribution in [0.3, 0.4) is 0 Å². The van der Waals surface area contributed by atoms with Crippen LogP contribution in [0.4, 0.5) is 0 Å². The first kappa shape index (κ1) is 25.2. The van der Waals surface area contributed by atoms with Gasteiger partial charge >= 0.3 is 0 Å². The van der Waals surface area contributed by atoms with Crippen LogP contribution in [0.5, 0.6) is 0 Å². The van der Waals surface area contributed by atoms with Gasteiger partial charge in [-0.3, -0.25) is 4.98 Å². The number of hydrogen-bond acceptors (Lipinski definition) is 1. The number of hydrogen-bond donors (Lipinski definition) is 0. The van der Waals surface area contributed by atoms with Crippen LogP contribution in [0.15, 0.2) is 158 Å². The highest BCUT2D eigenvalue weighted by atomic mass is 14.6. The van der Waals surface area contributed by atoms with E-state index in [-0.39, 0.29) is 0 Å². The minimum atomic E-state index is 1.03. The summed E-state index contributed by atoms with van der Waals surface area (Å²) in [5, 5.41) is 7.59. The molecule has 0 bridgehead atoms. The zero-order chi connectivity index (χ0) is 28.8. The van der Waals surface area contributed by atoms with Crippen LogP contribution in [-0.2, 0) is 0 Å². The molecule has 0 aliphatic heterocycles. The molecule has 0 amide bonds. The van der Waals surface area contributed by atoms with Gasteiger partial charge in [-0.25, -0.2) is 0 Å². The summed E-state index contributed by atoms with van der Waals surface area (Å²) >= 11 is 0. The maximum Gasteiger partial charge on any atom is 0.0378 e. The first-order valence-corrected chi connectivity index (χ1v) is 14.8.